The van der Waals surface area contributed by atoms with Gasteiger partial charge in [0.2, 0.25) is 0 Å². The topological polar surface area (TPSA) is 56.1 Å². The Kier molecular flexibility index (Phi) is 6.26. The molecule has 0 fully saturated rings. The van der Waals surface area contributed by atoms with Gasteiger partial charge in [-0.2, -0.15) is 5.10 Å². The van der Waals surface area contributed by atoms with E-state index in [1.54, 1.807) is 36.1 Å². The lowest BCUT2D eigenvalue weighted by Crippen LogP contribution is -2.25. The lowest BCUT2D eigenvalue weighted by atomic mass is 10.1. The van der Waals surface area contributed by atoms with Gasteiger partial charge in [0.05, 0.1) is 28.5 Å². The Morgan fingerprint density at radius 1 is 0.968 bits per heavy atom. The average Bonchev–Trinajstić information content (AvgIpc) is 3.25. The lowest BCUT2D eigenvalue weighted by molar-refractivity contribution is 0.0943. The molecule has 0 saturated heterocycles. The summed E-state index contributed by atoms with van der Waals surface area (Å²) in [6.07, 6.45) is 0. The van der Waals surface area contributed by atoms with Gasteiger partial charge in [-0.05, 0) is 54.1 Å². The van der Waals surface area contributed by atoms with Crippen molar-refractivity contribution in [2.45, 2.75) is 6.54 Å². The molecule has 4 aromatic rings. The third-order valence-electron chi connectivity index (χ3n) is 4.77. The molecule has 0 aliphatic carbocycles. The summed E-state index contributed by atoms with van der Waals surface area (Å²) in [6, 6.07) is 24.1. The Morgan fingerprint density at radius 2 is 1.71 bits per heavy atom. The molecule has 0 saturated carbocycles. The zero-order chi connectivity index (χ0) is 21.8. The summed E-state index contributed by atoms with van der Waals surface area (Å²) in [5.41, 5.74) is 3.54. The minimum atomic E-state index is -0.248. The van der Waals surface area contributed by atoms with E-state index in [1.165, 1.54) is 0 Å². The molecule has 1 amide bonds. The van der Waals surface area contributed by atoms with Crippen molar-refractivity contribution in [1.82, 2.24) is 15.1 Å². The number of nitrogens with one attached hydrogen (secondary N) is 1. The van der Waals surface area contributed by atoms with Crippen molar-refractivity contribution in [3.05, 3.63) is 100 Å². The predicted molar refractivity (Wildman–Crippen MR) is 123 cm³/mol. The third-order valence-corrected chi connectivity index (χ3v) is 5.51. The Hall–Kier alpha value is -3.28. The number of amides is 1. The van der Waals surface area contributed by atoms with Crippen molar-refractivity contribution >= 4 is 29.1 Å². The maximum Gasteiger partial charge on any atom is 0.270 e. The van der Waals surface area contributed by atoms with Crippen molar-refractivity contribution in [1.29, 1.82) is 0 Å². The first-order valence-electron chi connectivity index (χ1n) is 9.57. The van der Waals surface area contributed by atoms with Gasteiger partial charge in [-0.3, -0.25) is 4.79 Å². The van der Waals surface area contributed by atoms with E-state index < -0.39 is 0 Å². The second kappa shape index (κ2) is 9.25. The normalized spacial score (nSPS) is 10.7. The fourth-order valence-corrected chi connectivity index (χ4v) is 3.42. The molecule has 0 spiro atoms. The molecule has 156 valence electrons. The van der Waals surface area contributed by atoms with E-state index in [1.807, 2.05) is 54.6 Å². The van der Waals surface area contributed by atoms with Gasteiger partial charge in [-0.15, -0.1) is 0 Å². The minimum absolute atomic E-state index is 0.248. The number of benzene rings is 3. The number of rotatable bonds is 6. The summed E-state index contributed by atoms with van der Waals surface area (Å²) in [7, 11) is 1.61. The van der Waals surface area contributed by atoms with Crippen LogP contribution < -0.4 is 10.1 Å². The van der Waals surface area contributed by atoms with Gasteiger partial charge < -0.3 is 10.1 Å². The predicted octanol–water partition coefficient (Wildman–Crippen LogP) is 5.78. The van der Waals surface area contributed by atoms with Crippen molar-refractivity contribution in [3.63, 3.8) is 0 Å². The maximum absolute atomic E-state index is 13.1. The molecule has 5 nitrogen and oxygen atoms in total. The van der Waals surface area contributed by atoms with E-state index in [2.05, 4.69) is 10.4 Å². The zero-order valence-corrected chi connectivity index (χ0v) is 18.2. The first-order valence-corrected chi connectivity index (χ1v) is 10.3. The highest BCUT2D eigenvalue weighted by atomic mass is 35.5. The zero-order valence-electron chi connectivity index (χ0n) is 16.7. The first-order chi connectivity index (χ1) is 15.0. The largest absolute Gasteiger partial charge is 0.497 e. The molecule has 31 heavy (non-hydrogen) atoms. The van der Waals surface area contributed by atoms with Crippen LogP contribution in [0.2, 0.25) is 10.0 Å². The van der Waals surface area contributed by atoms with Crippen LogP contribution in [0.5, 0.6) is 5.75 Å². The highest BCUT2D eigenvalue weighted by molar-refractivity contribution is 6.42. The molecule has 0 aliphatic rings. The van der Waals surface area contributed by atoms with Gasteiger partial charge in [-0.1, -0.05) is 53.5 Å². The Labute approximate surface area is 190 Å². The first kappa shape index (κ1) is 21.0. The molecule has 1 aromatic heterocycles. The van der Waals surface area contributed by atoms with Crippen molar-refractivity contribution in [2.75, 3.05) is 7.11 Å². The molecule has 0 unspecified atom stereocenters. The summed E-state index contributed by atoms with van der Waals surface area (Å²) >= 11 is 12.3. The number of carbonyl (C=O) groups is 1. The van der Waals surface area contributed by atoms with Crippen LogP contribution >= 0.6 is 23.2 Å². The SMILES string of the molecule is COc1ccc(-c2cc(C(=O)NCc3ccccc3)n(-c3ccc(Cl)c(Cl)c3)n2)cc1. The van der Waals surface area contributed by atoms with Crippen LogP contribution in [0.4, 0.5) is 0 Å². The molecular formula is C24H19Cl2N3O2. The lowest BCUT2D eigenvalue weighted by Gasteiger charge is -2.09. The van der Waals surface area contributed by atoms with E-state index >= 15 is 0 Å². The van der Waals surface area contributed by atoms with Gasteiger partial charge in [0.1, 0.15) is 11.4 Å². The molecule has 0 radical (unpaired) electrons. The molecule has 0 atom stereocenters. The third kappa shape index (κ3) is 4.74. The summed E-state index contributed by atoms with van der Waals surface area (Å²) in [5, 5.41) is 8.44. The Balaban J connectivity index is 1.71. The number of ether oxygens (including phenoxy) is 1. The number of hydrogen-bond donors (Lipinski definition) is 1. The molecule has 4 rings (SSSR count). The molecule has 1 N–H and O–H groups in total. The average molecular weight is 452 g/mol. The molecule has 1 heterocycles. The van der Waals surface area contributed by atoms with Crippen LogP contribution in [0.3, 0.4) is 0 Å². The maximum atomic E-state index is 13.1. The van der Waals surface area contributed by atoms with Gasteiger partial charge in [0, 0.05) is 12.1 Å². The fraction of sp³-hybridized carbons (Fsp3) is 0.0833. The van der Waals surface area contributed by atoms with E-state index in [0.29, 0.717) is 33.7 Å². The van der Waals surface area contributed by atoms with Gasteiger partial charge in [-0.25, -0.2) is 4.68 Å². The van der Waals surface area contributed by atoms with Gasteiger partial charge in [0.25, 0.3) is 5.91 Å². The molecule has 3 aromatic carbocycles. The van der Waals surface area contributed by atoms with Crippen LogP contribution in [-0.4, -0.2) is 22.8 Å². The highest BCUT2D eigenvalue weighted by Crippen LogP contribution is 2.28. The van der Waals surface area contributed by atoms with Crippen LogP contribution in [0.1, 0.15) is 16.1 Å². The number of carbonyl (C=O) groups excluding carboxylic acids is 1. The van der Waals surface area contributed by atoms with Gasteiger partial charge in [0.15, 0.2) is 0 Å². The number of halogens is 2. The van der Waals surface area contributed by atoms with Crippen LogP contribution in [0.15, 0.2) is 78.9 Å². The Bertz CT molecular complexity index is 1210. The molecular weight excluding hydrogens is 433 g/mol. The highest BCUT2D eigenvalue weighted by Gasteiger charge is 2.18. The van der Waals surface area contributed by atoms with Crippen molar-refractivity contribution in [2.24, 2.45) is 0 Å². The monoisotopic (exact) mass is 451 g/mol. The molecule has 0 bridgehead atoms. The van der Waals surface area contributed by atoms with Crippen LogP contribution in [0.25, 0.3) is 16.9 Å². The second-order valence-corrected chi connectivity index (χ2v) is 7.64. The number of methoxy groups -OCH3 is 1. The number of aromatic nitrogens is 2. The standard InChI is InChI=1S/C24H19Cl2N3O2/c1-31-19-10-7-17(8-11-19)22-14-23(24(30)27-15-16-5-3-2-4-6-16)29(28-22)18-9-12-20(25)21(26)13-18/h2-14H,15H2,1H3,(H,27,30). The van der Waals surface area contributed by atoms with E-state index in [9.17, 15) is 4.79 Å². The van der Waals surface area contributed by atoms with Crippen LogP contribution in [-0.2, 0) is 6.54 Å². The van der Waals surface area contributed by atoms with Crippen molar-refractivity contribution < 1.29 is 9.53 Å². The second-order valence-electron chi connectivity index (χ2n) is 6.82. The van der Waals surface area contributed by atoms with E-state index in [4.69, 9.17) is 27.9 Å². The fourth-order valence-electron chi connectivity index (χ4n) is 3.13. The summed E-state index contributed by atoms with van der Waals surface area (Å²) in [6.45, 7) is 0.407. The Morgan fingerprint density at radius 3 is 2.39 bits per heavy atom. The quantitative estimate of drug-likeness (QED) is 0.403. The molecule has 0 aliphatic heterocycles. The summed E-state index contributed by atoms with van der Waals surface area (Å²) in [5.74, 6) is 0.496. The summed E-state index contributed by atoms with van der Waals surface area (Å²) < 4.78 is 6.79. The summed E-state index contributed by atoms with van der Waals surface area (Å²) in [4.78, 5) is 13.1. The minimum Gasteiger partial charge on any atom is -0.497 e. The van der Waals surface area contributed by atoms with Crippen LogP contribution in [0, 0.1) is 0 Å². The van der Waals surface area contributed by atoms with Crippen molar-refractivity contribution in [3.8, 4) is 22.7 Å². The number of nitrogens with zero attached hydrogens (tertiary/aromatic N) is 2. The van der Waals surface area contributed by atoms with Gasteiger partial charge >= 0.3 is 0 Å². The number of hydrogen-bond acceptors (Lipinski definition) is 3. The van der Waals surface area contributed by atoms with E-state index in [0.717, 1.165) is 16.9 Å². The van der Waals surface area contributed by atoms with E-state index in [-0.39, 0.29) is 5.91 Å². The smallest absolute Gasteiger partial charge is 0.270 e. The molecule has 7 heteroatoms.